The molecule has 0 radical (unpaired) electrons. The van der Waals surface area contributed by atoms with Gasteiger partial charge in [-0.05, 0) is 40.0 Å². The van der Waals surface area contributed by atoms with Crippen molar-refractivity contribution in [1.29, 1.82) is 0 Å². The van der Waals surface area contributed by atoms with E-state index in [1.165, 1.54) is 0 Å². The first kappa shape index (κ1) is 17.5. The fourth-order valence-electron chi connectivity index (χ4n) is 1.54. The summed E-state index contributed by atoms with van der Waals surface area (Å²) < 4.78 is 0. The van der Waals surface area contributed by atoms with Crippen LogP contribution >= 0.6 is 0 Å². The minimum Gasteiger partial charge on any atom is -0.352 e. The molecule has 120 valence electrons. The number of nitrogens with one attached hydrogen (secondary N) is 3. The Morgan fingerprint density at radius 1 is 0.619 bits per heavy atom. The molecule has 1 aromatic heterocycles. The van der Waals surface area contributed by atoms with Gasteiger partial charge in [-0.2, -0.15) is 15.0 Å². The van der Waals surface area contributed by atoms with Crippen LogP contribution in [-0.4, -0.2) is 33.1 Å². The molecule has 1 rings (SSSR count). The number of hydrogen-bond donors (Lipinski definition) is 3. The van der Waals surface area contributed by atoms with Gasteiger partial charge in [-0.3, -0.25) is 0 Å². The van der Waals surface area contributed by atoms with Gasteiger partial charge in [0.05, 0.1) is 0 Å². The molecule has 3 N–H and O–H groups in total. The second-order valence-electron chi connectivity index (χ2n) is 5.67. The van der Waals surface area contributed by atoms with Crippen LogP contribution in [-0.2, 0) is 0 Å². The fraction of sp³-hybridized carbons (Fsp3) is 0.800. The minimum absolute atomic E-state index is 0.334. The van der Waals surface area contributed by atoms with E-state index in [0.717, 1.165) is 19.3 Å². The highest BCUT2D eigenvalue weighted by Gasteiger charge is 2.11. The van der Waals surface area contributed by atoms with E-state index >= 15 is 0 Å². The Morgan fingerprint density at radius 2 is 0.857 bits per heavy atom. The van der Waals surface area contributed by atoms with E-state index in [0.29, 0.717) is 36.0 Å². The van der Waals surface area contributed by atoms with Gasteiger partial charge >= 0.3 is 0 Å². The van der Waals surface area contributed by atoms with E-state index in [9.17, 15) is 0 Å². The Bertz CT molecular complexity index is 348. The highest BCUT2D eigenvalue weighted by atomic mass is 15.3. The van der Waals surface area contributed by atoms with Crippen LogP contribution in [0.3, 0.4) is 0 Å². The molecule has 0 bridgehead atoms. The zero-order chi connectivity index (χ0) is 15.8. The summed E-state index contributed by atoms with van der Waals surface area (Å²) in [5.41, 5.74) is 0. The number of nitrogens with zero attached hydrogens (tertiary/aromatic N) is 3. The summed E-state index contributed by atoms with van der Waals surface area (Å²) >= 11 is 0. The van der Waals surface area contributed by atoms with Crippen molar-refractivity contribution in [2.45, 2.75) is 78.9 Å². The van der Waals surface area contributed by atoms with Crippen LogP contribution in [0, 0.1) is 0 Å². The lowest BCUT2D eigenvalue weighted by molar-refractivity contribution is 0.728. The second kappa shape index (κ2) is 8.64. The SMILES string of the molecule is CC[C@@H](C)Nc1nc(N[C@H](C)CC)nc(N[C@@H](C)CC)n1. The molecule has 0 unspecified atom stereocenters. The van der Waals surface area contributed by atoms with Crippen LogP contribution in [0.2, 0.25) is 0 Å². The topological polar surface area (TPSA) is 74.8 Å². The van der Waals surface area contributed by atoms with Gasteiger partial charge in [0.1, 0.15) is 0 Å². The summed E-state index contributed by atoms with van der Waals surface area (Å²) in [6.45, 7) is 12.8. The van der Waals surface area contributed by atoms with E-state index in [4.69, 9.17) is 0 Å². The smallest absolute Gasteiger partial charge is 0.229 e. The maximum atomic E-state index is 4.46. The molecular weight excluding hydrogens is 264 g/mol. The van der Waals surface area contributed by atoms with Crippen molar-refractivity contribution in [3.8, 4) is 0 Å². The predicted molar refractivity (Wildman–Crippen MR) is 90.0 cm³/mol. The highest BCUT2D eigenvalue weighted by molar-refractivity contribution is 5.43. The molecule has 0 aliphatic rings. The number of hydrogen-bond acceptors (Lipinski definition) is 6. The average molecular weight is 294 g/mol. The number of aromatic nitrogens is 3. The maximum Gasteiger partial charge on any atom is 0.229 e. The molecule has 0 saturated heterocycles. The Morgan fingerprint density at radius 3 is 1.05 bits per heavy atom. The van der Waals surface area contributed by atoms with Crippen LogP contribution in [0.1, 0.15) is 60.8 Å². The van der Waals surface area contributed by atoms with Gasteiger partial charge in [-0.1, -0.05) is 20.8 Å². The Balaban J connectivity index is 2.95. The van der Waals surface area contributed by atoms with Crippen molar-refractivity contribution >= 4 is 17.8 Å². The van der Waals surface area contributed by atoms with Gasteiger partial charge in [0, 0.05) is 18.1 Å². The first-order valence-corrected chi connectivity index (χ1v) is 8.04. The number of rotatable bonds is 9. The predicted octanol–water partition coefficient (Wildman–Crippen LogP) is 3.50. The molecule has 1 aromatic rings. The largest absolute Gasteiger partial charge is 0.352 e. The quantitative estimate of drug-likeness (QED) is 0.647. The standard InChI is InChI=1S/C15H30N6/c1-7-10(4)16-13-19-14(17-11(5)8-2)21-15(20-13)18-12(6)9-3/h10-12H,7-9H2,1-6H3,(H3,16,17,18,19,20,21)/t10-,11-,12+/m1/s1. The maximum absolute atomic E-state index is 4.46. The molecule has 0 amide bonds. The lowest BCUT2D eigenvalue weighted by Gasteiger charge is -2.17. The van der Waals surface area contributed by atoms with Gasteiger partial charge in [-0.15, -0.1) is 0 Å². The lowest BCUT2D eigenvalue weighted by Crippen LogP contribution is -2.22. The third kappa shape index (κ3) is 6.14. The van der Waals surface area contributed by atoms with Crippen LogP contribution < -0.4 is 16.0 Å². The third-order valence-electron chi connectivity index (χ3n) is 3.60. The molecule has 0 fully saturated rings. The number of anilines is 3. The van der Waals surface area contributed by atoms with Gasteiger partial charge < -0.3 is 16.0 Å². The lowest BCUT2D eigenvalue weighted by atomic mass is 10.3. The summed E-state index contributed by atoms with van der Waals surface area (Å²) in [5.74, 6) is 1.86. The van der Waals surface area contributed by atoms with Gasteiger partial charge in [0.25, 0.3) is 0 Å². The Kier molecular flexibility index (Phi) is 7.19. The minimum atomic E-state index is 0.334. The molecule has 1 heterocycles. The summed E-state index contributed by atoms with van der Waals surface area (Å²) in [7, 11) is 0. The molecule has 0 spiro atoms. The van der Waals surface area contributed by atoms with E-state index in [2.05, 4.69) is 72.4 Å². The molecule has 3 atom stereocenters. The molecule has 0 aliphatic carbocycles. The van der Waals surface area contributed by atoms with Gasteiger partial charge in [0.15, 0.2) is 0 Å². The normalized spacial score (nSPS) is 15.1. The molecule has 6 heteroatoms. The van der Waals surface area contributed by atoms with Crippen molar-refractivity contribution in [2.75, 3.05) is 16.0 Å². The third-order valence-corrected chi connectivity index (χ3v) is 3.60. The fourth-order valence-corrected chi connectivity index (χ4v) is 1.54. The van der Waals surface area contributed by atoms with Crippen LogP contribution in [0.15, 0.2) is 0 Å². The highest BCUT2D eigenvalue weighted by Crippen LogP contribution is 2.13. The van der Waals surface area contributed by atoms with Crippen molar-refractivity contribution in [2.24, 2.45) is 0 Å². The molecule has 0 aliphatic heterocycles. The van der Waals surface area contributed by atoms with Crippen molar-refractivity contribution in [1.82, 2.24) is 15.0 Å². The summed E-state index contributed by atoms with van der Waals surface area (Å²) in [5, 5.41) is 9.94. The molecule has 6 nitrogen and oxygen atoms in total. The Labute approximate surface area is 128 Å². The van der Waals surface area contributed by atoms with Gasteiger partial charge in [-0.25, -0.2) is 0 Å². The van der Waals surface area contributed by atoms with Crippen LogP contribution in [0.5, 0.6) is 0 Å². The first-order chi connectivity index (χ1) is 9.98. The summed E-state index contributed by atoms with van der Waals surface area (Å²) in [6.07, 6.45) is 3.07. The summed E-state index contributed by atoms with van der Waals surface area (Å²) in [6, 6.07) is 1.00. The van der Waals surface area contributed by atoms with Crippen LogP contribution in [0.4, 0.5) is 17.8 Å². The second-order valence-corrected chi connectivity index (χ2v) is 5.67. The van der Waals surface area contributed by atoms with Crippen molar-refractivity contribution < 1.29 is 0 Å². The Hall–Kier alpha value is -1.59. The molecule has 0 aromatic carbocycles. The summed E-state index contributed by atoms with van der Waals surface area (Å²) in [4.78, 5) is 13.4. The van der Waals surface area contributed by atoms with Crippen LogP contribution in [0.25, 0.3) is 0 Å². The zero-order valence-electron chi connectivity index (χ0n) is 14.2. The molecular formula is C15H30N6. The average Bonchev–Trinajstić information content (AvgIpc) is 2.46. The van der Waals surface area contributed by atoms with Crippen molar-refractivity contribution in [3.05, 3.63) is 0 Å². The molecule has 0 saturated carbocycles. The first-order valence-electron chi connectivity index (χ1n) is 8.04. The van der Waals surface area contributed by atoms with E-state index in [1.54, 1.807) is 0 Å². The molecule has 21 heavy (non-hydrogen) atoms. The zero-order valence-corrected chi connectivity index (χ0v) is 14.2. The van der Waals surface area contributed by atoms with E-state index in [-0.39, 0.29) is 0 Å². The van der Waals surface area contributed by atoms with Crippen molar-refractivity contribution in [3.63, 3.8) is 0 Å². The van der Waals surface area contributed by atoms with E-state index < -0.39 is 0 Å². The monoisotopic (exact) mass is 294 g/mol. The van der Waals surface area contributed by atoms with Gasteiger partial charge in [0.2, 0.25) is 17.8 Å². The van der Waals surface area contributed by atoms with E-state index in [1.807, 2.05) is 0 Å².